The zero-order valence-electron chi connectivity index (χ0n) is 13.2. The van der Waals surface area contributed by atoms with Gasteiger partial charge in [-0.15, -0.1) is 11.3 Å². The van der Waals surface area contributed by atoms with E-state index in [1.807, 2.05) is 43.3 Å². The van der Waals surface area contributed by atoms with Crippen molar-refractivity contribution >= 4 is 50.5 Å². The summed E-state index contributed by atoms with van der Waals surface area (Å²) < 4.78 is 6.34. The Morgan fingerprint density at radius 1 is 1.33 bits per heavy atom. The third kappa shape index (κ3) is 3.44. The van der Waals surface area contributed by atoms with Gasteiger partial charge in [0.15, 0.2) is 0 Å². The van der Waals surface area contributed by atoms with E-state index in [0.29, 0.717) is 21.5 Å². The third-order valence-electron chi connectivity index (χ3n) is 3.75. The number of rotatable bonds is 5. The van der Waals surface area contributed by atoms with Crippen molar-refractivity contribution in [2.24, 2.45) is 0 Å². The molecule has 7 heteroatoms. The molecule has 2 heterocycles. The lowest BCUT2D eigenvalue weighted by Crippen LogP contribution is -2.34. The number of likely N-dealkylation sites (N-methyl/N-ethyl adjacent to an activating group) is 1. The molecule has 3 rings (SSSR count). The molecule has 1 unspecified atom stereocenters. The van der Waals surface area contributed by atoms with Crippen molar-refractivity contribution in [2.75, 3.05) is 20.6 Å². The zero-order chi connectivity index (χ0) is 17.3. The second kappa shape index (κ2) is 7.15. The molecule has 1 aromatic carbocycles. The van der Waals surface area contributed by atoms with E-state index in [-0.39, 0.29) is 11.9 Å². The van der Waals surface area contributed by atoms with Crippen molar-refractivity contribution in [1.82, 2.24) is 10.2 Å². The lowest BCUT2D eigenvalue weighted by Gasteiger charge is -2.22. The molecule has 4 nitrogen and oxygen atoms in total. The van der Waals surface area contributed by atoms with Crippen molar-refractivity contribution in [3.63, 3.8) is 0 Å². The molecule has 1 amide bonds. The molecule has 0 aliphatic rings. The van der Waals surface area contributed by atoms with E-state index in [2.05, 4.69) is 5.32 Å². The van der Waals surface area contributed by atoms with Gasteiger partial charge in [-0.3, -0.25) is 9.69 Å². The van der Waals surface area contributed by atoms with Crippen molar-refractivity contribution in [1.29, 1.82) is 0 Å². The molecule has 0 radical (unpaired) electrons. The van der Waals surface area contributed by atoms with Gasteiger partial charge in [0.2, 0.25) is 0 Å². The molecule has 3 aromatic rings. The van der Waals surface area contributed by atoms with E-state index in [0.717, 1.165) is 15.8 Å². The van der Waals surface area contributed by atoms with Crippen LogP contribution in [0.25, 0.3) is 10.1 Å². The first-order chi connectivity index (χ1) is 11.5. The predicted molar refractivity (Wildman–Crippen MR) is 99.3 cm³/mol. The minimum absolute atomic E-state index is 0.0495. The van der Waals surface area contributed by atoms with E-state index >= 15 is 0 Å². The molecule has 0 saturated carbocycles. The van der Waals surface area contributed by atoms with Gasteiger partial charge in [0.05, 0.1) is 17.3 Å². The van der Waals surface area contributed by atoms with Crippen LogP contribution in [0.5, 0.6) is 0 Å². The summed E-state index contributed by atoms with van der Waals surface area (Å²) in [5.41, 5.74) is 0. The van der Waals surface area contributed by atoms with Gasteiger partial charge in [0.25, 0.3) is 5.91 Å². The lowest BCUT2D eigenvalue weighted by atomic mass is 10.2. The quantitative estimate of drug-likeness (QED) is 0.686. The molecule has 0 aliphatic carbocycles. The van der Waals surface area contributed by atoms with Gasteiger partial charge in [0.1, 0.15) is 10.6 Å². The average molecular weight is 383 g/mol. The molecule has 0 fully saturated rings. The summed E-state index contributed by atoms with van der Waals surface area (Å²) in [6.07, 6.45) is 1.63. The average Bonchev–Trinajstić information content (AvgIpc) is 3.15. The molecule has 126 valence electrons. The van der Waals surface area contributed by atoms with Crippen molar-refractivity contribution in [2.45, 2.75) is 6.04 Å². The number of furan rings is 1. The number of nitrogens with one attached hydrogen (secondary N) is 1. The van der Waals surface area contributed by atoms with Crippen molar-refractivity contribution < 1.29 is 9.21 Å². The van der Waals surface area contributed by atoms with Crippen LogP contribution in [0.3, 0.4) is 0 Å². The number of hydrogen-bond donors (Lipinski definition) is 1. The summed E-state index contributed by atoms with van der Waals surface area (Å²) in [4.78, 5) is 15.0. The monoisotopic (exact) mass is 382 g/mol. The van der Waals surface area contributed by atoms with E-state index in [4.69, 9.17) is 27.6 Å². The standard InChI is InChI=1S/C17H16Cl2N2O2S/c1-21(2)12(13-4-3-7-23-13)9-20-17(22)16-15(19)11-6-5-10(18)8-14(11)24-16/h3-8,12H,9H2,1-2H3,(H,20,22). The van der Waals surface area contributed by atoms with Crippen LogP contribution >= 0.6 is 34.5 Å². The van der Waals surface area contributed by atoms with Crippen LogP contribution in [0.1, 0.15) is 21.5 Å². The number of carbonyl (C=O) groups is 1. The fourth-order valence-electron chi connectivity index (χ4n) is 2.47. The molecule has 0 spiro atoms. The Morgan fingerprint density at radius 2 is 2.12 bits per heavy atom. The van der Waals surface area contributed by atoms with Gasteiger partial charge in [-0.2, -0.15) is 0 Å². The normalized spacial score (nSPS) is 12.7. The minimum Gasteiger partial charge on any atom is -0.468 e. The number of amides is 1. The summed E-state index contributed by atoms with van der Waals surface area (Å²) in [5, 5.41) is 4.86. The van der Waals surface area contributed by atoms with E-state index in [9.17, 15) is 4.79 Å². The highest BCUT2D eigenvalue weighted by Gasteiger charge is 2.21. The van der Waals surface area contributed by atoms with E-state index in [1.165, 1.54) is 11.3 Å². The minimum atomic E-state index is -0.198. The summed E-state index contributed by atoms with van der Waals surface area (Å²) in [6, 6.07) is 9.09. The second-order valence-corrected chi connectivity index (χ2v) is 7.46. The Balaban J connectivity index is 1.78. The molecule has 0 saturated heterocycles. The molecular formula is C17H16Cl2N2O2S. The van der Waals surface area contributed by atoms with Crippen molar-refractivity contribution in [3.8, 4) is 0 Å². The maximum Gasteiger partial charge on any atom is 0.263 e. The maximum atomic E-state index is 12.5. The first kappa shape index (κ1) is 17.3. The first-order valence-corrected chi connectivity index (χ1v) is 8.90. The molecule has 1 N–H and O–H groups in total. The first-order valence-electron chi connectivity index (χ1n) is 7.33. The van der Waals surface area contributed by atoms with Crippen LogP contribution in [-0.2, 0) is 0 Å². The van der Waals surface area contributed by atoms with Crippen LogP contribution < -0.4 is 5.32 Å². The largest absolute Gasteiger partial charge is 0.468 e. The maximum absolute atomic E-state index is 12.5. The summed E-state index contributed by atoms with van der Waals surface area (Å²) in [6.45, 7) is 0.421. The number of halogens is 2. The fraction of sp³-hybridized carbons (Fsp3) is 0.235. The van der Waals surface area contributed by atoms with E-state index in [1.54, 1.807) is 12.3 Å². The van der Waals surface area contributed by atoms with Gasteiger partial charge in [-0.1, -0.05) is 29.3 Å². The van der Waals surface area contributed by atoms with Gasteiger partial charge in [0, 0.05) is 21.7 Å². The van der Waals surface area contributed by atoms with Crippen LogP contribution in [0.4, 0.5) is 0 Å². The molecule has 0 bridgehead atoms. The Bertz CT molecular complexity index is 859. The number of carbonyl (C=O) groups excluding carboxylic acids is 1. The van der Waals surface area contributed by atoms with Gasteiger partial charge in [-0.05, 0) is 38.4 Å². The van der Waals surface area contributed by atoms with Crippen LogP contribution in [0, 0.1) is 0 Å². The molecular weight excluding hydrogens is 367 g/mol. The highest BCUT2D eigenvalue weighted by molar-refractivity contribution is 7.21. The summed E-state index contributed by atoms with van der Waals surface area (Å²) in [7, 11) is 3.88. The highest BCUT2D eigenvalue weighted by Crippen LogP contribution is 2.36. The zero-order valence-corrected chi connectivity index (χ0v) is 15.5. The molecule has 1 atom stereocenters. The highest BCUT2D eigenvalue weighted by atomic mass is 35.5. The SMILES string of the molecule is CN(C)C(CNC(=O)c1sc2cc(Cl)ccc2c1Cl)c1ccco1. The molecule has 2 aromatic heterocycles. The number of thiophene rings is 1. The van der Waals surface area contributed by atoms with Gasteiger partial charge >= 0.3 is 0 Å². The van der Waals surface area contributed by atoms with E-state index < -0.39 is 0 Å². The Kier molecular flexibility index (Phi) is 5.15. The Labute approximate surface area is 154 Å². The third-order valence-corrected chi connectivity index (χ3v) is 5.64. The second-order valence-electron chi connectivity index (χ2n) is 5.59. The Hall–Kier alpha value is -1.53. The summed E-state index contributed by atoms with van der Waals surface area (Å²) in [5.74, 6) is 0.602. The van der Waals surface area contributed by atoms with Crippen LogP contribution in [0.2, 0.25) is 10.0 Å². The predicted octanol–water partition coefficient (Wildman–Crippen LogP) is 4.83. The number of hydrogen-bond acceptors (Lipinski definition) is 4. The smallest absolute Gasteiger partial charge is 0.263 e. The number of benzene rings is 1. The number of nitrogens with zero attached hydrogens (tertiary/aromatic N) is 1. The summed E-state index contributed by atoms with van der Waals surface area (Å²) >= 11 is 13.7. The number of fused-ring (bicyclic) bond motifs is 1. The topological polar surface area (TPSA) is 45.5 Å². The Morgan fingerprint density at radius 3 is 2.79 bits per heavy atom. The molecule has 0 aliphatic heterocycles. The molecule has 24 heavy (non-hydrogen) atoms. The van der Waals surface area contributed by atoms with Crippen LogP contribution in [0.15, 0.2) is 41.0 Å². The van der Waals surface area contributed by atoms with Gasteiger partial charge in [-0.25, -0.2) is 0 Å². The van der Waals surface area contributed by atoms with Crippen molar-refractivity contribution in [3.05, 3.63) is 57.3 Å². The fourth-order valence-corrected chi connectivity index (χ4v) is 4.18. The lowest BCUT2D eigenvalue weighted by molar-refractivity contribution is 0.0943. The van der Waals surface area contributed by atoms with Crippen LogP contribution in [-0.4, -0.2) is 31.4 Å². The van der Waals surface area contributed by atoms with Gasteiger partial charge < -0.3 is 9.73 Å².